The van der Waals surface area contributed by atoms with Crippen LogP contribution in [0.3, 0.4) is 0 Å². The summed E-state index contributed by atoms with van der Waals surface area (Å²) in [6, 6.07) is 9.28. The molecule has 0 fully saturated rings. The molecule has 2 aromatic carbocycles. The standard InChI is InChI=1S/C14H10N6O3/c1-22-8-4-2-7-3-5-9-11(18-23-12(9)10(7)6-8)13(21)15-14-16-19-20-17-14/h2-6H,1H3,(H2,15,16,17,19,20,21). The van der Waals surface area contributed by atoms with E-state index in [0.29, 0.717) is 16.7 Å². The largest absolute Gasteiger partial charge is 0.497 e. The number of fused-ring (bicyclic) bond motifs is 3. The Morgan fingerprint density at radius 3 is 2.91 bits per heavy atom. The van der Waals surface area contributed by atoms with E-state index in [4.69, 9.17) is 9.26 Å². The predicted octanol–water partition coefficient (Wildman–Crippen LogP) is 1.75. The van der Waals surface area contributed by atoms with E-state index in [1.165, 1.54) is 0 Å². The van der Waals surface area contributed by atoms with Crippen molar-refractivity contribution in [3.63, 3.8) is 0 Å². The highest BCUT2D eigenvalue weighted by Gasteiger charge is 2.19. The van der Waals surface area contributed by atoms with E-state index in [1.54, 1.807) is 13.2 Å². The van der Waals surface area contributed by atoms with Crippen molar-refractivity contribution in [3.8, 4) is 5.75 Å². The molecule has 0 saturated carbocycles. The number of hydrogen-bond donors (Lipinski definition) is 2. The van der Waals surface area contributed by atoms with Crippen molar-refractivity contribution in [3.05, 3.63) is 36.0 Å². The normalized spacial score (nSPS) is 11.0. The summed E-state index contributed by atoms with van der Waals surface area (Å²) >= 11 is 0. The highest BCUT2D eigenvalue weighted by Crippen LogP contribution is 2.30. The predicted molar refractivity (Wildman–Crippen MR) is 80.2 cm³/mol. The van der Waals surface area contributed by atoms with Crippen molar-refractivity contribution >= 4 is 33.6 Å². The van der Waals surface area contributed by atoms with Crippen molar-refractivity contribution < 1.29 is 14.1 Å². The first kappa shape index (κ1) is 13.2. The van der Waals surface area contributed by atoms with Crippen molar-refractivity contribution in [2.75, 3.05) is 12.4 Å². The number of aromatic amines is 1. The summed E-state index contributed by atoms with van der Waals surface area (Å²) in [4.78, 5) is 12.3. The molecule has 0 aliphatic heterocycles. The topological polar surface area (TPSA) is 119 Å². The Morgan fingerprint density at radius 2 is 2.13 bits per heavy atom. The van der Waals surface area contributed by atoms with Crippen LogP contribution in [0.25, 0.3) is 21.7 Å². The molecule has 0 bridgehead atoms. The third-order valence-corrected chi connectivity index (χ3v) is 3.45. The third-order valence-electron chi connectivity index (χ3n) is 3.45. The Morgan fingerprint density at radius 1 is 1.26 bits per heavy atom. The van der Waals surface area contributed by atoms with E-state index in [2.05, 4.69) is 31.1 Å². The fourth-order valence-corrected chi connectivity index (χ4v) is 2.36. The van der Waals surface area contributed by atoms with E-state index in [9.17, 15) is 4.79 Å². The molecule has 4 aromatic rings. The van der Waals surface area contributed by atoms with Crippen LogP contribution in [0.15, 0.2) is 34.9 Å². The SMILES string of the molecule is COc1ccc2ccc3c(C(=O)Nc4nn[nH]n4)noc3c2c1. The first-order valence-electron chi connectivity index (χ1n) is 6.67. The van der Waals surface area contributed by atoms with Crippen LogP contribution in [-0.4, -0.2) is 38.8 Å². The summed E-state index contributed by atoms with van der Waals surface area (Å²) in [6.07, 6.45) is 0. The summed E-state index contributed by atoms with van der Waals surface area (Å²) in [6.45, 7) is 0. The molecule has 2 heterocycles. The summed E-state index contributed by atoms with van der Waals surface area (Å²) in [5.41, 5.74) is 0.661. The zero-order chi connectivity index (χ0) is 15.8. The van der Waals surface area contributed by atoms with Crippen molar-refractivity contribution in [2.24, 2.45) is 0 Å². The molecule has 0 radical (unpaired) electrons. The Kier molecular flexibility index (Phi) is 2.90. The molecule has 0 aliphatic rings. The number of nitrogens with zero attached hydrogens (tertiary/aromatic N) is 4. The average Bonchev–Trinajstić information content (AvgIpc) is 3.23. The first-order valence-corrected chi connectivity index (χ1v) is 6.67. The maximum absolute atomic E-state index is 12.3. The summed E-state index contributed by atoms with van der Waals surface area (Å²) in [5.74, 6) is 0.278. The minimum absolute atomic E-state index is 0.0635. The van der Waals surface area contributed by atoms with Gasteiger partial charge in [0.15, 0.2) is 11.3 Å². The number of hydrogen-bond acceptors (Lipinski definition) is 7. The number of anilines is 1. The minimum Gasteiger partial charge on any atom is -0.497 e. The number of carbonyl (C=O) groups is 1. The molecule has 23 heavy (non-hydrogen) atoms. The molecule has 9 nitrogen and oxygen atoms in total. The number of carbonyl (C=O) groups excluding carboxylic acids is 1. The lowest BCUT2D eigenvalue weighted by Gasteiger charge is -2.02. The molecule has 4 rings (SSSR count). The van der Waals surface area contributed by atoms with Gasteiger partial charge in [0.05, 0.1) is 12.5 Å². The minimum atomic E-state index is -0.479. The lowest BCUT2D eigenvalue weighted by atomic mass is 10.1. The summed E-state index contributed by atoms with van der Waals surface area (Å²) < 4.78 is 10.6. The van der Waals surface area contributed by atoms with Gasteiger partial charge in [-0.15, -0.1) is 5.10 Å². The Bertz CT molecular complexity index is 1010. The van der Waals surface area contributed by atoms with Gasteiger partial charge in [-0.05, 0) is 28.8 Å². The van der Waals surface area contributed by atoms with Gasteiger partial charge in [-0.3, -0.25) is 10.1 Å². The molecule has 0 saturated heterocycles. The van der Waals surface area contributed by atoms with E-state index in [-0.39, 0.29) is 11.6 Å². The molecule has 114 valence electrons. The fraction of sp³-hybridized carbons (Fsp3) is 0.0714. The number of nitrogens with one attached hydrogen (secondary N) is 2. The van der Waals surface area contributed by atoms with Crippen LogP contribution >= 0.6 is 0 Å². The second kappa shape index (κ2) is 5.05. The highest BCUT2D eigenvalue weighted by atomic mass is 16.5. The van der Waals surface area contributed by atoms with Crippen molar-refractivity contribution in [2.45, 2.75) is 0 Å². The molecule has 0 spiro atoms. The van der Waals surface area contributed by atoms with Crippen molar-refractivity contribution in [1.82, 2.24) is 25.8 Å². The van der Waals surface area contributed by atoms with Gasteiger partial charge < -0.3 is 9.26 Å². The number of methoxy groups -OCH3 is 1. The van der Waals surface area contributed by atoms with Gasteiger partial charge in [0.1, 0.15) is 5.75 Å². The van der Waals surface area contributed by atoms with Gasteiger partial charge in [0.2, 0.25) is 0 Å². The molecule has 0 atom stereocenters. The molecule has 0 aliphatic carbocycles. The van der Waals surface area contributed by atoms with Crippen LogP contribution in [0.2, 0.25) is 0 Å². The average molecular weight is 310 g/mol. The molecule has 2 aromatic heterocycles. The lowest BCUT2D eigenvalue weighted by Crippen LogP contribution is -2.13. The van der Waals surface area contributed by atoms with Crippen LogP contribution in [0.1, 0.15) is 10.5 Å². The Hall–Kier alpha value is -3.49. The number of ether oxygens (including phenoxy) is 1. The zero-order valence-corrected chi connectivity index (χ0v) is 11.9. The molecule has 9 heteroatoms. The van der Waals surface area contributed by atoms with E-state index in [1.807, 2.05) is 24.3 Å². The maximum Gasteiger partial charge on any atom is 0.280 e. The van der Waals surface area contributed by atoms with Gasteiger partial charge in [-0.1, -0.05) is 22.4 Å². The number of H-pyrrole nitrogens is 1. The lowest BCUT2D eigenvalue weighted by molar-refractivity contribution is 0.101. The van der Waals surface area contributed by atoms with E-state index in [0.717, 1.165) is 10.8 Å². The summed E-state index contributed by atoms with van der Waals surface area (Å²) in [5, 5.41) is 21.7. The van der Waals surface area contributed by atoms with E-state index >= 15 is 0 Å². The van der Waals surface area contributed by atoms with Crippen LogP contribution < -0.4 is 10.1 Å². The quantitative estimate of drug-likeness (QED) is 0.591. The first-order chi connectivity index (χ1) is 11.3. The summed E-state index contributed by atoms with van der Waals surface area (Å²) in [7, 11) is 1.59. The fourth-order valence-electron chi connectivity index (χ4n) is 2.36. The Labute approximate surface area is 128 Å². The van der Waals surface area contributed by atoms with Crippen LogP contribution in [0.4, 0.5) is 5.95 Å². The number of tetrazole rings is 1. The number of aromatic nitrogens is 5. The number of benzene rings is 2. The number of amides is 1. The smallest absolute Gasteiger partial charge is 0.280 e. The van der Waals surface area contributed by atoms with Crippen LogP contribution in [0, 0.1) is 0 Å². The van der Waals surface area contributed by atoms with Crippen LogP contribution in [0.5, 0.6) is 5.75 Å². The highest BCUT2D eigenvalue weighted by molar-refractivity contribution is 6.15. The second-order valence-electron chi connectivity index (χ2n) is 4.75. The number of rotatable bonds is 3. The van der Waals surface area contributed by atoms with Crippen LogP contribution in [-0.2, 0) is 0 Å². The molecular weight excluding hydrogens is 300 g/mol. The van der Waals surface area contributed by atoms with Crippen molar-refractivity contribution in [1.29, 1.82) is 0 Å². The third kappa shape index (κ3) is 2.14. The second-order valence-corrected chi connectivity index (χ2v) is 4.75. The van der Waals surface area contributed by atoms with Gasteiger partial charge in [0, 0.05) is 5.39 Å². The molecule has 1 amide bonds. The molecular formula is C14H10N6O3. The van der Waals surface area contributed by atoms with E-state index < -0.39 is 5.91 Å². The Balaban J connectivity index is 1.83. The zero-order valence-electron chi connectivity index (χ0n) is 11.9. The van der Waals surface area contributed by atoms with Gasteiger partial charge in [-0.2, -0.15) is 5.21 Å². The molecule has 2 N–H and O–H groups in total. The molecule has 0 unspecified atom stereocenters. The van der Waals surface area contributed by atoms with Gasteiger partial charge in [-0.25, -0.2) is 0 Å². The maximum atomic E-state index is 12.3. The van der Waals surface area contributed by atoms with Gasteiger partial charge >= 0.3 is 0 Å². The van der Waals surface area contributed by atoms with Gasteiger partial charge in [0.25, 0.3) is 11.9 Å². The monoisotopic (exact) mass is 310 g/mol.